The SMILES string of the molecule is C[C@@H](CN1CCN(Cc2ccccc2)CC1)NC(=O)c1ccccc1Cl. The number of piperazine rings is 1. The lowest BCUT2D eigenvalue weighted by Gasteiger charge is -2.36. The molecule has 26 heavy (non-hydrogen) atoms. The lowest BCUT2D eigenvalue weighted by atomic mass is 10.1. The van der Waals surface area contributed by atoms with Crippen LogP contribution < -0.4 is 5.32 Å². The zero-order valence-corrected chi connectivity index (χ0v) is 16.0. The van der Waals surface area contributed by atoms with Crippen molar-refractivity contribution in [1.82, 2.24) is 15.1 Å². The standard InChI is InChI=1S/C21H26ClN3O/c1-17(23-21(26)19-9-5-6-10-20(19)22)15-24-11-13-25(14-12-24)16-18-7-3-2-4-8-18/h2-10,17H,11-16H2,1H3,(H,23,26)/t17-/m0/s1. The third kappa shape index (κ3) is 5.31. The van der Waals surface area contributed by atoms with Crippen molar-refractivity contribution < 1.29 is 4.79 Å². The zero-order valence-electron chi connectivity index (χ0n) is 15.2. The van der Waals surface area contributed by atoms with Crippen LogP contribution in [0.4, 0.5) is 0 Å². The Labute approximate surface area is 160 Å². The van der Waals surface area contributed by atoms with Gasteiger partial charge in [-0.15, -0.1) is 0 Å². The largest absolute Gasteiger partial charge is 0.348 e. The molecule has 0 radical (unpaired) electrons. The summed E-state index contributed by atoms with van der Waals surface area (Å²) in [6.45, 7) is 8.08. The highest BCUT2D eigenvalue weighted by molar-refractivity contribution is 6.33. The van der Waals surface area contributed by atoms with Gasteiger partial charge in [-0.3, -0.25) is 14.6 Å². The smallest absolute Gasteiger partial charge is 0.253 e. The summed E-state index contributed by atoms with van der Waals surface area (Å²) in [7, 11) is 0. The molecule has 0 unspecified atom stereocenters. The van der Waals surface area contributed by atoms with E-state index in [1.165, 1.54) is 5.56 Å². The molecule has 1 saturated heterocycles. The van der Waals surface area contributed by atoms with Crippen molar-refractivity contribution >= 4 is 17.5 Å². The molecule has 2 aromatic carbocycles. The Kier molecular flexibility index (Phi) is 6.67. The Bertz CT molecular complexity index is 714. The molecule has 4 nitrogen and oxygen atoms in total. The first kappa shape index (κ1) is 18.9. The van der Waals surface area contributed by atoms with E-state index in [9.17, 15) is 4.79 Å². The van der Waals surface area contributed by atoms with Gasteiger partial charge in [0, 0.05) is 45.3 Å². The molecular formula is C21H26ClN3O. The fraction of sp³-hybridized carbons (Fsp3) is 0.381. The highest BCUT2D eigenvalue weighted by Crippen LogP contribution is 2.15. The molecule has 138 valence electrons. The van der Waals surface area contributed by atoms with Crippen LogP contribution in [0.25, 0.3) is 0 Å². The van der Waals surface area contributed by atoms with Gasteiger partial charge in [0.1, 0.15) is 0 Å². The quantitative estimate of drug-likeness (QED) is 0.846. The average molecular weight is 372 g/mol. The Balaban J connectivity index is 1.42. The van der Waals surface area contributed by atoms with Crippen molar-refractivity contribution in [3.63, 3.8) is 0 Å². The lowest BCUT2D eigenvalue weighted by Crippen LogP contribution is -2.50. The van der Waals surface area contributed by atoms with Crippen LogP contribution in [0, 0.1) is 0 Å². The minimum Gasteiger partial charge on any atom is -0.348 e. The summed E-state index contributed by atoms with van der Waals surface area (Å²) in [5, 5.41) is 3.55. The number of rotatable bonds is 6. The molecule has 5 heteroatoms. The minimum atomic E-state index is -0.106. The van der Waals surface area contributed by atoms with Gasteiger partial charge in [-0.25, -0.2) is 0 Å². The minimum absolute atomic E-state index is 0.0828. The molecule has 0 aliphatic carbocycles. The molecule has 3 rings (SSSR count). The van der Waals surface area contributed by atoms with Crippen LogP contribution in [0.15, 0.2) is 54.6 Å². The number of hydrogen-bond acceptors (Lipinski definition) is 3. The molecule has 1 aliphatic heterocycles. The molecule has 1 N–H and O–H groups in total. The number of carbonyl (C=O) groups is 1. The van der Waals surface area contributed by atoms with Crippen molar-refractivity contribution in [1.29, 1.82) is 0 Å². The van der Waals surface area contributed by atoms with Crippen LogP contribution in [0.2, 0.25) is 5.02 Å². The predicted octanol–water partition coefficient (Wildman–Crippen LogP) is 3.28. The monoisotopic (exact) mass is 371 g/mol. The van der Waals surface area contributed by atoms with Crippen LogP contribution in [-0.4, -0.2) is 54.5 Å². The van der Waals surface area contributed by atoms with Gasteiger partial charge in [-0.2, -0.15) is 0 Å². The van der Waals surface area contributed by atoms with Crippen LogP contribution in [0.3, 0.4) is 0 Å². The zero-order chi connectivity index (χ0) is 18.4. The van der Waals surface area contributed by atoms with E-state index in [0.717, 1.165) is 39.3 Å². The first-order valence-electron chi connectivity index (χ1n) is 9.16. The number of hydrogen-bond donors (Lipinski definition) is 1. The molecule has 1 aliphatic rings. The Morgan fingerprint density at radius 3 is 2.31 bits per heavy atom. The lowest BCUT2D eigenvalue weighted by molar-refractivity contribution is 0.0901. The molecule has 0 aromatic heterocycles. The predicted molar refractivity (Wildman–Crippen MR) is 107 cm³/mol. The van der Waals surface area contributed by atoms with Gasteiger partial charge in [-0.05, 0) is 24.6 Å². The van der Waals surface area contributed by atoms with Crippen LogP contribution >= 0.6 is 11.6 Å². The topological polar surface area (TPSA) is 35.6 Å². The summed E-state index contributed by atoms with van der Waals surface area (Å²) in [5.41, 5.74) is 1.90. The maximum atomic E-state index is 12.4. The van der Waals surface area contributed by atoms with Crippen molar-refractivity contribution in [3.05, 3.63) is 70.7 Å². The second-order valence-electron chi connectivity index (χ2n) is 6.92. The molecule has 1 amide bonds. The van der Waals surface area contributed by atoms with Crippen LogP contribution in [0.1, 0.15) is 22.8 Å². The van der Waals surface area contributed by atoms with Gasteiger partial charge in [0.15, 0.2) is 0 Å². The molecule has 0 spiro atoms. The number of amides is 1. The number of nitrogens with one attached hydrogen (secondary N) is 1. The first-order valence-corrected chi connectivity index (χ1v) is 9.53. The summed E-state index contributed by atoms with van der Waals surface area (Å²) in [4.78, 5) is 17.3. The van der Waals surface area contributed by atoms with Gasteiger partial charge in [0.2, 0.25) is 0 Å². The van der Waals surface area contributed by atoms with E-state index in [0.29, 0.717) is 10.6 Å². The molecular weight excluding hydrogens is 346 g/mol. The van der Waals surface area contributed by atoms with E-state index in [1.807, 2.05) is 19.1 Å². The van der Waals surface area contributed by atoms with Crippen molar-refractivity contribution in [2.45, 2.75) is 19.5 Å². The van der Waals surface area contributed by atoms with Gasteiger partial charge in [0.05, 0.1) is 10.6 Å². The molecule has 2 aromatic rings. The Morgan fingerprint density at radius 2 is 1.62 bits per heavy atom. The average Bonchev–Trinajstić information content (AvgIpc) is 2.64. The molecule has 1 atom stereocenters. The van der Waals surface area contributed by atoms with Crippen molar-refractivity contribution in [2.75, 3.05) is 32.7 Å². The van der Waals surface area contributed by atoms with E-state index in [2.05, 4.69) is 45.4 Å². The summed E-state index contributed by atoms with van der Waals surface area (Å²) in [6, 6.07) is 17.8. The van der Waals surface area contributed by atoms with E-state index in [1.54, 1.807) is 12.1 Å². The van der Waals surface area contributed by atoms with Gasteiger partial charge >= 0.3 is 0 Å². The van der Waals surface area contributed by atoms with E-state index in [4.69, 9.17) is 11.6 Å². The van der Waals surface area contributed by atoms with Crippen LogP contribution in [-0.2, 0) is 6.54 Å². The Morgan fingerprint density at radius 1 is 1.00 bits per heavy atom. The summed E-state index contributed by atoms with van der Waals surface area (Å²) >= 11 is 6.10. The van der Waals surface area contributed by atoms with Crippen molar-refractivity contribution in [2.24, 2.45) is 0 Å². The molecule has 1 fully saturated rings. The number of benzene rings is 2. The summed E-state index contributed by atoms with van der Waals surface area (Å²) in [6.07, 6.45) is 0. The second kappa shape index (κ2) is 9.17. The third-order valence-electron chi connectivity index (χ3n) is 4.74. The van der Waals surface area contributed by atoms with E-state index >= 15 is 0 Å². The van der Waals surface area contributed by atoms with Gasteiger partial charge in [-0.1, -0.05) is 54.1 Å². The normalized spacial score (nSPS) is 17.0. The second-order valence-corrected chi connectivity index (χ2v) is 7.32. The fourth-order valence-electron chi connectivity index (χ4n) is 3.35. The molecule has 0 saturated carbocycles. The number of halogens is 1. The maximum Gasteiger partial charge on any atom is 0.253 e. The molecule has 1 heterocycles. The van der Waals surface area contributed by atoms with Gasteiger partial charge < -0.3 is 5.32 Å². The first-order chi connectivity index (χ1) is 12.6. The highest BCUT2D eigenvalue weighted by Gasteiger charge is 2.20. The Hall–Kier alpha value is -1.88. The number of carbonyl (C=O) groups excluding carboxylic acids is 1. The summed E-state index contributed by atoms with van der Waals surface area (Å²) < 4.78 is 0. The van der Waals surface area contributed by atoms with E-state index < -0.39 is 0 Å². The van der Waals surface area contributed by atoms with Gasteiger partial charge in [0.25, 0.3) is 5.91 Å². The number of nitrogens with zero attached hydrogens (tertiary/aromatic N) is 2. The third-order valence-corrected chi connectivity index (χ3v) is 5.07. The van der Waals surface area contributed by atoms with Crippen molar-refractivity contribution in [3.8, 4) is 0 Å². The maximum absolute atomic E-state index is 12.4. The fourth-order valence-corrected chi connectivity index (χ4v) is 3.57. The van der Waals surface area contributed by atoms with E-state index in [-0.39, 0.29) is 11.9 Å². The van der Waals surface area contributed by atoms with Crippen LogP contribution in [0.5, 0.6) is 0 Å². The summed E-state index contributed by atoms with van der Waals surface area (Å²) in [5.74, 6) is -0.106. The molecule has 0 bridgehead atoms. The highest BCUT2D eigenvalue weighted by atomic mass is 35.5.